The number of benzene rings is 1. The van der Waals surface area contributed by atoms with Gasteiger partial charge in [0.2, 0.25) is 5.91 Å². The van der Waals surface area contributed by atoms with Gasteiger partial charge in [-0.15, -0.1) is 0 Å². The van der Waals surface area contributed by atoms with Gasteiger partial charge >= 0.3 is 5.97 Å². The predicted molar refractivity (Wildman–Crippen MR) is 123 cm³/mol. The summed E-state index contributed by atoms with van der Waals surface area (Å²) in [5, 5.41) is 16.7. The van der Waals surface area contributed by atoms with Crippen molar-refractivity contribution in [3.8, 4) is 0 Å². The van der Waals surface area contributed by atoms with E-state index in [1.165, 1.54) is 12.1 Å². The lowest BCUT2D eigenvalue weighted by Gasteiger charge is -2.29. The van der Waals surface area contributed by atoms with Crippen LogP contribution in [0, 0.1) is 17.2 Å². The first-order valence-corrected chi connectivity index (χ1v) is 11.2. The SMILES string of the molecule is CC(=O)O.O=C(O)CC[C@]12CN(C(=O)Cc3cccc(F)c3)C[C@H]1CN(C(=O)c1ccncc1)C2. The Balaban J connectivity index is 0.000000795. The van der Waals surface area contributed by atoms with Crippen molar-refractivity contribution in [2.75, 3.05) is 26.2 Å². The zero-order valence-electron chi connectivity index (χ0n) is 19.4. The molecule has 3 heterocycles. The lowest BCUT2D eigenvalue weighted by Crippen LogP contribution is -2.39. The van der Waals surface area contributed by atoms with Crippen LogP contribution in [-0.4, -0.2) is 74.9 Å². The number of hydrogen-bond donors (Lipinski definition) is 2. The van der Waals surface area contributed by atoms with Crippen LogP contribution in [0.15, 0.2) is 48.8 Å². The summed E-state index contributed by atoms with van der Waals surface area (Å²) in [6.07, 6.45) is 3.62. The van der Waals surface area contributed by atoms with Gasteiger partial charge in [0, 0.05) is 68.8 Å². The molecule has 2 aromatic rings. The molecule has 0 unspecified atom stereocenters. The largest absolute Gasteiger partial charge is 0.481 e. The third kappa shape index (κ3) is 6.62. The average Bonchev–Trinajstić information content (AvgIpc) is 3.32. The van der Waals surface area contributed by atoms with Crippen LogP contribution in [0.5, 0.6) is 0 Å². The molecular formula is C25H28FN3O6. The molecule has 0 spiro atoms. The molecule has 4 rings (SSSR count). The Morgan fingerprint density at radius 1 is 1.06 bits per heavy atom. The maximum atomic E-state index is 13.5. The number of carbonyl (C=O) groups excluding carboxylic acids is 2. The number of aromatic nitrogens is 1. The maximum absolute atomic E-state index is 13.5. The highest BCUT2D eigenvalue weighted by molar-refractivity contribution is 5.94. The van der Waals surface area contributed by atoms with Crippen molar-refractivity contribution in [3.05, 3.63) is 65.7 Å². The lowest BCUT2D eigenvalue weighted by molar-refractivity contribution is -0.138. The maximum Gasteiger partial charge on any atom is 0.303 e. The summed E-state index contributed by atoms with van der Waals surface area (Å²) in [5.74, 6) is -2.32. The normalized spacial score (nSPS) is 20.6. The molecule has 2 saturated heterocycles. The number of rotatable bonds is 6. The third-order valence-electron chi connectivity index (χ3n) is 6.41. The molecular weight excluding hydrogens is 457 g/mol. The van der Waals surface area contributed by atoms with E-state index in [9.17, 15) is 23.9 Å². The minimum atomic E-state index is -0.892. The van der Waals surface area contributed by atoms with Crippen molar-refractivity contribution in [1.29, 1.82) is 0 Å². The van der Waals surface area contributed by atoms with Gasteiger partial charge in [0.1, 0.15) is 5.82 Å². The highest BCUT2D eigenvalue weighted by atomic mass is 19.1. The molecule has 1 aromatic carbocycles. The van der Waals surface area contributed by atoms with Crippen LogP contribution in [-0.2, 0) is 20.8 Å². The van der Waals surface area contributed by atoms with Crippen LogP contribution in [0.25, 0.3) is 0 Å². The highest BCUT2D eigenvalue weighted by Gasteiger charge is 2.54. The molecule has 0 aliphatic carbocycles. The number of hydrogen-bond acceptors (Lipinski definition) is 5. The van der Waals surface area contributed by atoms with Crippen LogP contribution in [0.4, 0.5) is 4.39 Å². The van der Waals surface area contributed by atoms with E-state index in [2.05, 4.69) is 4.98 Å². The summed E-state index contributed by atoms with van der Waals surface area (Å²) in [5.41, 5.74) is 0.706. The molecule has 35 heavy (non-hydrogen) atoms. The molecule has 2 amide bonds. The van der Waals surface area contributed by atoms with Gasteiger partial charge in [-0.3, -0.25) is 24.2 Å². The molecule has 0 bridgehead atoms. The molecule has 1 aromatic heterocycles. The fraction of sp³-hybridized carbons (Fsp3) is 0.400. The number of nitrogens with zero attached hydrogens (tertiary/aromatic N) is 3. The van der Waals surface area contributed by atoms with Crippen molar-refractivity contribution < 1.29 is 33.8 Å². The summed E-state index contributed by atoms with van der Waals surface area (Å²) in [6.45, 7) is 2.84. The summed E-state index contributed by atoms with van der Waals surface area (Å²) in [7, 11) is 0. The van der Waals surface area contributed by atoms with Gasteiger partial charge in [-0.05, 0) is 36.2 Å². The van der Waals surface area contributed by atoms with Crippen LogP contribution >= 0.6 is 0 Å². The Hall–Kier alpha value is -3.82. The average molecular weight is 486 g/mol. The number of halogens is 1. The Bertz CT molecular complexity index is 1090. The number of likely N-dealkylation sites (tertiary alicyclic amines) is 2. The first kappa shape index (κ1) is 25.8. The second-order valence-corrected chi connectivity index (χ2v) is 8.97. The highest BCUT2D eigenvalue weighted by Crippen LogP contribution is 2.46. The number of fused-ring (bicyclic) bond motifs is 1. The molecule has 0 saturated carbocycles. The molecule has 2 fully saturated rings. The van der Waals surface area contributed by atoms with E-state index in [1.54, 1.807) is 46.5 Å². The molecule has 9 nitrogen and oxygen atoms in total. The van der Waals surface area contributed by atoms with Crippen molar-refractivity contribution in [2.24, 2.45) is 11.3 Å². The van der Waals surface area contributed by atoms with Gasteiger partial charge in [-0.1, -0.05) is 12.1 Å². The Labute approximate surface area is 202 Å². The zero-order valence-corrected chi connectivity index (χ0v) is 19.4. The number of carbonyl (C=O) groups is 4. The lowest BCUT2D eigenvalue weighted by atomic mass is 9.77. The van der Waals surface area contributed by atoms with Crippen molar-refractivity contribution >= 4 is 23.8 Å². The minimum absolute atomic E-state index is 0.00842. The van der Waals surface area contributed by atoms with E-state index in [1.807, 2.05) is 0 Å². The number of amides is 2. The zero-order chi connectivity index (χ0) is 25.6. The molecule has 2 aliphatic rings. The van der Waals surface area contributed by atoms with Gasteiger partial charge in [-0.25, -0.2) is 4.39 Å². The fourth-order valence-corrected chi connectivity index (χ4v) is 4.85. The number of carboxylic acid groups (broad SMARTS) is 2. The standard InChI is InChI=1S/C23H24FN3O4.C2H4O2/c24-19-3-1-2-16(10-19)11-20(28)26-12-18-13-27(22(31)17-5-8-25-9-6-17)15-23(18,14-26)7-4-21(29)30;1-2(3)4/h1-3,5-6,8-10,18H,4,7,11-15H2,(H,29,30);1H3,(H,3,4)/t18-,23+;/m0./s1. The Morgan fingerprint density at radius 2 is 1.69 bits per heavy atom. The van der Waals surface area contributed by atoms with E-state index < -0.39 is 17.4 Å². The molecule has 10 heteroatoms. The number of aliphatic carboxylic acids is 2. The minimum Gasteiger partial charge on any atom is -0.481 e. The summed E-state index contributed by atoms with van der Waals surface area (Å²) >= 11 is 0. The van der Waals surface area contributed by atoms with Crippen molar-refractivity contribution in [3.63, 3.8) is 0 Å². The van der Waals surface area contributed by atoms with Gasteiger partial charge in [-0.2, -0.15) is 0 Å². The fourth-order valence-electron chi connectivity index (χ4n) is 4.85. The monoisotopic (exact) mass is 485 g/mol. The van der Waals surface area contributed by atoms with Crippen molar-refractivity contribution in [1.82, 2.24) is 14.8 Å². The topological polar surface area (TPSA) is 128 Å². The first-order valence-electron chi connectivity index (χ1n) is 11.2. The van der Waals surface area contributed by atoms with Gasteiger partial charge in [0.15, 0.2) is 0 Å². The van der Waals surface area contributed by atoms with Gasteiger partial charge in [0.05, 0.1) is 6.42 Å². The van der Waals surface area contributed by atoms with E-state index in [0.29, 0.717) is 43.7 Å². The molecule has 2 atom stereocenters. The molecule has 2 aliphatic heterocycles. The van der Waals surface area contributed by atoms with E-state index >= 15 is 0 Å². The smallest absolute Gasteiger partial charge is 0.303 e. The predicted octanol–water partition coefficient (Wildman–Crippen LogP) is 2.32. The molecule has 186 valence electrons. The van der Waals surface area contributed by atoms with Crippen LogP contribution in [0.2, 0.25) is 0 Å². The van der Waals surface area contributed by atoms with E-state index in [4.69, 9.17) is 9.90 Å². The number of carboxylic acids is 2. The second kappa shape index (κ2) is 11.1. The summed E-state index contributed by atoms with van der Waals surface area (Å²) < 4.78 is 13.5. The van der Waals surface area contributed by atoms with E-state index in [-0.39, 0.29) is 36.4 Å². The quantitative estimate of drug-likeness (QED) is 0.643. The summed E-state index contributed by atoms with van der Waals surface area (Å²) in [4.78, 5) is 53.5. The third-order valence-corrected chi connectivity index (χ3v) is 6.41. The van der Waals surface area contributed by atoms with Crippen LogP contribution in [0.3, 0.4) is 0 Å². The second-order valence-electron chi connectivity index (χ2n) is 8.97. The van der Waals surface area contributed by atoms with Crippen molar-refractivity contribution in [2.45, 2.75) is 26.2 Å². The molecule has 0 radical (unpaired) electrons. The first-order chi connectivity index (χ1) is 16.6. The van der Waals surface area contributed by atoms with Crippen LogP contribution in [0.1, 0.15) is 35.7 Å². The summed E-state index contributed by atoms with van der Waals surface area (Å²) in [6, 6.07) is 9.30. The van der Waals surface area contributed by atoms with E-state index in [0.717, 1.165) is 6.92 Å². The molecule has 2 N–H and O–H groups in total. The Kier molecular flexibility index (Phi) is 8.16. The van der Waals surface area contributed by atoms with Crippen LogP contribution < -0.4 is 0 Å². The van der Waals surface area contributed by atoms with Gasteiger partial charge < -0.3 is 20.0 Å². The van der Waals surface area contributed by atoms with Gasteiger partial charge in [0.25, 0.3) is 11.9 Å². The number of pyridine rings is 1. The Morgan fingerprint density at radius 3 is 2.31 bits per heavy atom.